The molecule has 7 nitrogen and oxygen atoms in total. The van der Waals surface area contributed by atoms with E-state index in [1.807, 2.05) is 36.4 Å². The molecule has 2 aromatic rings. The minimum atomic E-state index is -0.651. The van der Waals surface area contributed by atoms with Gasteiger partial charge in [0, 0.05) is 12.1 Å². The van der Waals surface area contributed by atoms with E-state index in [0.29, 0.717) is 12.8 Å². The standard InChI is InChI=1S/C23H30O7/c1-25-19-11-17(12-20(15-19)26-2)7-5-9-29-23(24)30-10-6-8-18-13-21(27-3)16-22(14-18)28-4/h11-16H,5-10H2,1-4H3. The highest BCUT2D eigenvalue weighted by Crippen LogP contribution is 2.24. The summed E-state index contributed by atoms with van der Waals surface area (Å²) in [5.41, 5.74) is 2.11. The number of rotatable bonds is 12. The fraction of sp³-hybridized carbons (Fsp3) is 0.435. The zero-order valence-corrected chi connectivity index (χ0v) is 18.1. The predicted molar refractivity (Wildman–Crippen MR) is 113 cm³/mol. The third-order valence-corrected chi connectivity index (χ3v) is 4.48. The molecule has 0 bridgehead atoms. The minimum absolute atomic E-state index is 0.283. The summed E-state index contributed by atoms with van der Waals surface area (Å²) in [6.07, 6.45) is 2.17. The Hall–Kier alpha value is -3.09. The van der Waals surface area contributed by atoms with Gasteiger partial charge in [0.15, 0.2) is 0 Å². The summed E-state index contributed by atoms with van der Waals surface area (Å²) in [5, 5.41) is 0. The normalized spacial score (nSPS) is 10.3. The lowest BCUT2D eigenvalue weighted by Gasteiger charge is -2.10. The SMILES string of the molecule is COc1cc(CCCOC(=O)OCCCc2cc(OC)cc(OC)c2)cc(OC)c1. The monoisotopic (exact) mass is 418 g/mol. The lowest BCUT2D eigenvalue weighted by Crippen LogP contribution is -2.10. The second kappa shape index (κ2) is 12.5. The fourth-order valence-electron chi connectivity index (χ4n) is 2.93. The zero-order chi connectivity index (χ0) is 21.8. The molecule has 0 saturated carbocycles. The van der Waals surface area contributed by atoms with Crippen LogP contribution in [0.5, 0.6) is 23.0 Å². The molecule has 0 aromatic heterocycles. The van der Waals surface area contributed by atoms with Gasteiger partial charge in [-0.3, -0.25) is 0 Å². The van der Waals surface area contributed by atoms with Crippen molar-refractivity contribution in [1.82, 2.24) is 0 Å². The van der Waals surface area contributed by atoms with Crippen LogP contribution in [-0.4, -0.2) is 47.8 Å². The highest BCUT2D eigenvalue weighted by atomic mass is 16.7. The van der Waals surface area contributed by atoms with Crippen molar-refractivity contribution in [1.29, 1.82) is 0 Å². The maximum absolute atomic E-state index is 11.7. The smallest absolute Gasteiger partial charge is 0.497 e. The molecule has 7 heteroatoms. The number of ether oxygens (including phenoxy) is 6. The van der Waals surface area contributed by atoms with Crippen LogP contribution in [0.25, 0.3) is 0 Å². The second-order valence-electron chi connectivity index (χ2n) is 6.60. The van der Waals surface area contributed by atoms with Crippen molar-refractivity contribution in [3.05, 3.63) is 47.5 Å². The summed E-state index contributed by atoms with van der Waals surface area (Å²) in [5.74, 6) is 2.94. The Bertz CT molecular complexity index is 694. The molecular formula is C23H30O7. The van der Waals surface area contributed by atoms with Gasteiger partial charge in [0.25, 0.3) is 0 Å². The minimum Gasteiger partial charge on any atom is -0.497 e. The van der Waals surface area contributed by atoms with Gasteiger partial charge in [-0.2, -0.15) is 0 Å². The number of carbonyl (C=O) groups excluding carboxylic acids is 1. The summed E-state index contributed by atoms with van der Waals surface area (Å²) in [6.45, 7) is 0.566. The predicted octanol–water partition coefficient (Wildman–Crippen LogP) is 4.44. The van der Waals surface area contributed by atoms with E-state index < -0.39 is 6.16 Å². The van der Waals surface area contributed by atoms with Crippen molar-refractivity contribution in [3.8, 4) is 23.0 Å². The van der Waals surface area contributed by atoms with E-state index >= 15 is 0 Å². The van der Waals surface area contributed by atoms with Gasteiger partial charge in [-0.05, 0) is 61.1 Å². The summed E-state index contributed by atoms with van der Waals surface area (Å²) >= 11 is 0. The second-order valence-corrected chi connectivity index (χ2v) is 6.60. The Balaban J connectivity index is 1.65. The molecular weight excluding hydrogens is 388 g/mol. The lowest BCUT2D eigenvalue weighted by molar-refractivity contribution is 0.0539. The summed E-state index contributed by atoms with van der Waals surface area (Å²) < 4.78 is 31.3. The number of methoxy groups -OCH3 is 4. The Kier molecular flexibility index (Phi) is 9.64. The third-order valence-electron chi connectivity index (χ3n) is 4.48. The van der Waals surface area contributed by atoms with Crippen LogP contribution in [0.15, 0.2) is 36.4 Å². The maximum atomic E-state index is 11.7. The highest BCUT2D eigenvalue weighted by Gasteiger charge is 2.07. The van der Waals surface area contributed by atoms with E-state index in [-0.39, 0.29) is 13.2 Å². The molecule has 0 saturated heterocycles. The molecule has 0 aliphatic carbocycles. The first kappa shape index (κ1) is 23.2. The Morgan fingerprint density at radius 1 is 0.600 bits per heavy atom. The first-order valence-corrected chi connectivity index (χ1v) is 9.81. The van der Waals surface area contributed by atoms with Crippen molar-refractivity contribution in [2.75, 3.05) is 41.7 Å². The van der Waals surface area contributed by atoms with E-state index in [2.05, 4.69) is 0 Å². The first-order valence-electron chi connectivity index (χ1n) is 9.81. The summed E-state index contributed by atoms with van der Waals surface area (Å²) in [6, 6.07) is 11.4. The van der Waals surface area contributed by atoms with E-state index in [4.69, 9.17) is 28.4 Å². The van der Waals surface area contributed by atoms with Gasteiger partial charge in [0.1, 0.15) is 23.0 Å². The van der Waals surface area contributed by atoms with Crippen LogP contribution in [0.4, 0.5) is 4.79 Å². The van der Waals surface area contributed by atoms with Crippen LogP contribution in [-0.2, 0) is 22.3 Å². The highest BCUT2D eigenvalue weighted by molar-refractivity contribution is 5.59. The number of carbonyl (C=O) groups is 1. The van der Waals surface area contributed by atoms with Crippen molar-refractivity contribution >= 4 is 6.16 Å². The van der Waals surface area contributed by atoms with Gasteiger partial charge < -0.3 is 28.4 Å². The van der Waals surface area contributed by atoms with Gasteiger partial charge in [0.2, 0.25) is 0 Å². The zero-order valence-electron chi connectivity index (χ0n) is 18.1. The quantitative estimate of drug-likeness (QED) is 0.373. The van der Waals surface area contributed by atoms with Gasteiger partial charge in [0.05, 0.1) is 41.7 Å². The van der Waals surface area contributed by atoms with E-state index in [0.717, 1.165) is 47.0 Å². The Morgan fingerprint density at radius 3 is 1.23 bits per heavy atom. The molecule has 0 N–H and O–H groups in total. The molecule has 0 aliphatic heterocycles. The molecule has 2 rings (SSSR count). The fourth-order valence-corrected chi connectivity index (χ4v) is 2.93. The van der Waals surface area contributed by atoms with Crippen LogP contribution in [0.2, 0.25) is 0 Å². The Morgan fingerprint density at radius 2 is 0.933 bits per heavy atom. The van der Waals surface area contributed by atoms with Gasteiger partial charge in [-0.15, -0.1) is 0 Å². The molecule has 30 heavy (non-hydrogen) atoms. The van der Waals surface area contributed by atoms with Crippen LogP contribution in [0, 0.1) is 0 Å². The van der Waals surface area contributed by atoms with Crippen LogP contribution in [0.1, 0.15) is 24.0 Å². The molecule has 0 aliphatic rings. The molecule has 0 atom stereocenters. The van der Waals surface area contributed by atoms with Crippen molar-refractivity contribution < 1.29 is 33.2 Å². The van der Waals surface area contributed by atoms with Crippen molar-refractivity contribution in [3.63, 3.8) is 0 Å². The van der Waals surface area contributed by atoms with Gasteiger partial charge in [-0.25, -0.2) is 4.79 Å². The van der Waals surface area contributed by atoms with Crippen molar-refractivity contribution in [2.24, 2.45) is 0 Å². The van der Waals surface area contributed by atoms with Crippen LogP contribution in [0.3, 0.4) is 0 Å². The molecule has 0 amide bonds. The molecule has 0 radical (unpaired) electrons. The number of benzene rings is 2. The van der Waals surface area contributed by atoms with E-state index in [1.54, 1.807) is 28.4 Å². The van der Waals surface area contributed by atoms with Gasteiger partial charge >= 0.3 is 6.16 Å². The topological polar surface area (TPSA) is 72.5 Å². The van der Waals surface area contributed by atoms with E-state index in [1.165, 1.54) is 0 Å². The Labute approximate surface area is 177 Å². The summed E-state index contributed by atoms with van der Waals surface area (Å²) in [4.78, 5) is 11.7. The third kappa shape index (κ3) is 7.73. The van der Waals surface area contributed by atoms with Crippen LogP contribution < -0.4 is 18.9 Å². The van der Waals surface area contributed by atoms with Gasteiger partial charge in [-0.1, -0.05) is 0 Å². The number of hydrogen-bond donors (Lipinski definition) is 0. The average Bonchev–Trinajstić information content (AvgIpc) is 2.78. The molecule has 2 aromatic carbocycles. The summed E-state index contributed by atoms with van der Waals surface area (Å²) in [7, 11) is 6.45. The molecule has 0 heterocycles. The number of hydrogen-bond acceptors (Lipinski definition) is 7. The largest absolute Gasteiger partial charge is 0.508 e. The first-order chi connectivity index (χ1) is 14.6. The molecule has 0 spiro atoms. The maximum Gasteiger partial charge on any atom is 0.508 e. The van der Waals surface area contributed by atoms with E-state index in [9.17, 15) is 4.79 Å². The molecule has 0 fully saturated rings. The van der Waals surface area contributed by atoms with Crippen molar-refractivity contribution in [2.45, 2.75) is 25.7 Å². The lowest BCUT2D eigenvalue weighted by atomic mass is 10.1. The van der Waals surface area contributed by atoms with Crippen LogP contribution >= 0.6 is 0 Å². The molecule has 164 valence electrons. The molecule has 0 unspecified atom stereocenters. The average molecular weight is 418 g/mol. The number of aryl methyl sites for hydroxylation is 2.